The topological polar surface area (TPSA) is 104 Å². The summed E-state index contributed by atoms with van der Waals surface area (Å²) in [5.74, 6) is 1.51. The van der Waals surface area contributed by atoms with Crippen molar-refractivity contribution in [2.45, 2.75) is 39.2 Å². The lowest BCUT2D eigenvalue weighted by Crippen LogP contribution is -3.12. The van der Waals surface area contributed by atoms with Gasteiger partial charge in [0.1, 0.15) is 17.7 Å². The molecule has 2 amide bonds. The highest BCUT2D eigenvalue weighted by Crippen LogP contribution is 2.21. The summed E-state index contributed by atoms with van der Waals surface area (Å²) in [7, 11) is 0. The van der Waals surface area contributed by atoms with E-state index < -0.39 is 0 Å². The first-order chi connectivity index (χ1) is 19.0. The number of nitrogens with one attached hydrogen (secondary N) is 3. The van der Waals surface area contributed by atoms with Crippen LogP contribution >= 0.6 is 0 Å². The summed E-state index contributed by atoms with van der Waals surface area (Å²) in [6.07, 6.45) is 9.64. The number of carbonyl (C=O) groups excluding carboxylic acids is 2. The van der Waals surface area contributed by atoms with Crippen LogP contribution in [0, 0.1) is 0 Å². The average Bonchev–Trinajstić information content (AvgIpc) is 3.46. The SMILES string of the molecule is CCC(CC)NC(=O)Cc1cccc(N2C=C(Nc3ccc(C(=O)N4CCOCC4)cn3)C3=NC=C[NH+]3C2)c1. The van der Waals surface area contributed by atoms with Crippen LogP contribution in [-0.4, -0.2) is 66.5 Å². The van der Waals surface area contributed by atoms with Crippen LogP contribution in [0.1, 0.15) is 42.6 Å². The van der Waals surface area contributed by atoms with Crippen molar-refractivity contribution >= 4 is 29.2 Å². The molecule has 1 saturated heterocycles. The lowest BCUT2D eigenvalue weighted by molar-refractivity contribution is -0.743. The predicted octanol–water partition coefficient (Wildman–Crippen LogP) is 1.90. The predicted molar refractivity (Wildman–Crippen MR) is 150 cm³/mol. The van der Waals surface area contributed by atoms with Crippen molar-refractivity contribution in [1.82, 2.24) is 15.2 Å². The van der Waals surface area contributed by atoms with Gasteiger partial charge in [-0.15, -0.1) is 0 Å². The third-order valence-electron chi connectivity index (χ3n) is 7.19. The van der Waals surface area contributed by atoms with Gasteiger partial charge in [0.15, 0.2) is 6.67 Å². The van der Waals surface area contributed by atoms with Crippen LogP contribution in [0.3, 0.4) is 0 Å². The number of pyridine rings is 1. The van der Waals surface area contributed by atoms with Crippen LogP contribution in [0.4, 0.5) is 11.5 Å². The molecule has 0 spiro atoms. The van der Waals surface area contributed by atoms with Gasteiger partial charge in [-0.1, -0.05) is 26.0 Å². The number of anilines is 2. The number of morpholine rings is 1. The zero-order chi connectivity index (χ0) is 27.2. The molecular weight excluding hydrogens is 494 g/mol. The van der Waals surface area contributed by atoms with Crippen LogP contribution < -0.4 is 20.4 Å². The molecular formula is C29H36N7O3+. The zero-order valence-electron chi connectivity index (χ0n) is 22.5. The molecule has 3 aliphatic heterocycles. The third-order valence-corrected chi connectivity index (χ3v) is 7.19. The molecule has 0 aliphatic carbocycles. The summed E-state index contributed by atoms with van der Waals surface area (Å²) in [6.45, 7) is 7.16. The smallest absolute Gasteiger partial charge is 0.257 e. The van der Waals surface area contributed by atoms with Gasteiger partial charge in [0, 0.05) is 37.2 Å². The normalized spacial score (nSPS) is 18.5. The average molecular weight is 531 g/mol. The second-order valence-electron chi connectivity index (χ2n) is 9.88. The summed E-state index contributed by atoms with van der Waals surface area (Å²) < 4.78 is 5.34. The second-order valence-corrected chi connectivity index (χ2v) is 9.88. The minimum Gasteiger partial charge on any atom is -0.378 e. The van der Waals surface area contributed by atoms with Crippen LogP contribution in [0.2, 0.25) is 0 Å². The fourth-order valence-electron chi connectivity index (χ4n) is 4.92. The van der Waals surface area contributed by atoms with E-state index in [2.05, 4.69) is 45.4 Å². The molecule has 10 nitrogen and oxygen atoms in total. The van der Waals surface area contributed by atoms with Crippen LogP contribution in [-0.2, 0) is 16.0 Å². The number of hydrogen-bond acceptors (Lipinski definition) is 7. The van der Waals surface area contributed by atoms with E-state index in [0.717, 1.165) is 40.5 Å². The number of amides is 2. The van der Waals surface area contributed by atoms with E-state index in [4.69, 9.17) is 4.74 Å². The summed E-state index contributed by atoms with van der Waals surface area (Å²) in [5, 5.41) is 6.50. The number of quaternary nitrogens is 1. The van der Waals surface area contributed by atoms with E-state index in [9.17, 15) is 9.59 Å². The van der Waals surface area contributed by atoms with E-state index in [1.807, 2.05) is 36.7 Å². The first kappa shape index (κ1) is 26.6. The number of nitrogens with zero attached hydrogens (tertiary/aromatic N) is 4. The van der Waals surface area contributed by atoms with Gasteiger partial charge in [0.2, 0.25) is 5.91 Å². The van der Waals surface area contributed by atoms with Crippen LogP contribution in [0.5, 0.6) is 0 Å². The molecule has 3 aliphatic rings. The molecule has 1 aromatic heterocycles. The maximum atomic E-state index is 12.8. The van der Waals surface area contributed by atoms with Crippen molar-refractivity contribution in [3.63, 3.8) is 0 Å². The molecule has 1 aromatic carbocycles. The number of ether oxygens (including phenoxy) is 1. The van der Waals surface area contributed by atoms with Gasteiger partial charge >= 0.3 is 0 Å². The van der Waals surface area contributed by atoms with Crippen molar-refractivity contribution in [2.75, 3.05) is 43.2 Å². The number of rotatable bonds is 9. The zero-order valence-corrected chi connectivity index (χ0v) is 22.5. The Hall–Kier alpha value is -4.02. The van der Waals surface area contributed by atoms with Crippen LogP contribution in [0.15, 0.2) is 71.9 Å². The molecule has 10 heteroatoms. The number of carbonyl (C=O) groups is 2. The second kappa shape index (κ2) is 12.2. The van der Waals surface area contributed by atoms with E-state index in [0.29, 0.717) is 50.8 Å². The number of fused-ring (bicyclic) bond motifs is 1. The molecule has 0 saturated carbocycles. The minimum atomic E-state index is -0.0335. The summed E-state index contributed by atoms with van der Waals surface area (Å²) >= 11 is 0. The fourth-order valence-corrected chi connectivity index (χ4v) is 4.92. The van der Waals surface area contributed by atoms with Crippen molar-refractivity contribution < 1.29 is 19.2 Å². The van der Waals surface area contributed by atoms with Crippen LogP contribution in [0.25, 0.3) is 0 Å². The van der Waals surface area contributed by atoms with Gasteiger partial charge in [0.25, 0.3) is 11.7 Å². The Morgan fingerprint density at radius 3 is 2.69 bits per heavy atom. The van der Waals surface area contributed by atoms with Gasteiger partial charge in [-0.2, -0.15) is 4.99 Å². The summed E-state index contributed by atoms with van der Waals surface area (Å²) in [5.41, 5.74) is 3.33. The number of aliphatic imine (C=N–C) groups is 1. The first-order valence-electron chi connectivity index (χ1n) is 13.6. The Labute approximate surface area is 229 Å². The molecule has 2 aromatic rings. The quantitative estimate of drug-likeness (QED) is 0.458. The lowest BCUT2D eigenvalue weighted by atomic mass is 10.1. The highest BCUT2D eigenvalue weighted by atomic mass is 16.5. The summed E-state index contributed by atoms with van der Waals surface area (Å²) in [6, 6.07) is 11.9. The van der Waals surface area contributed by atoms with Gasteiger partial charge in [-0.3, -0.25) is 14.5 Å². The Bertz CT molecular complexity index is 1280. The Balaban J connectivity index is 1.30. The highest BCUT2D eigenvalue weighted by Gasteiger charge is 2.31. The molecule has 1 atom stereocenters. The molecule has 5 rings (SSSR count). The monoisotopic (exact) mass is 530 g/mol. The van der Waals surface area contributed by atoms with Crippen molar-refractivity contribution in [3.05, 3.63) is 78.0 Å². The third kappa shape index (κ3) is 6.35. The Morgan fingerprint density at radius 1 is 1.13 bits per heavy atom. The summed E-state index contributed by atoms with van der Waals surface area (Å²) in [4.78, 5) is 39.4. The minimum absolute atomic E-state index is 0.0335. The first-order valence-corrected chi connectivity index (χ1v) is 13.6. The highest BCUT2D eigenvalue weighted by molar-refractivity contribution is 5.97. The van der Waals surface area contributed by atoms with E-state index in [-0.39, 0.29) is 17.9 Å². The molecule has 1 unspecified atom stereocenters. The maximum Gasteiger partial charge on any atom is 0.257 e. The number of aromatic nitrogens is 1. The van der Waals surface area contributed by atoms with Crippen molar-refractivity contribution in [2.24, 2.45) is 4.99 Å². The van der Waals surface area contributed by atoms with Gasteiger partial charge in [-0.25, -0.2) is 9.88 Å². The molecule has 3 N–H and O–H groups in total. The van der Waals surface area contributed by atoms with E-state index in [1.54, 1.807) is 23.4 Å². The Morgan fingerprint density at radius 2 is 1.95 bits per heavy atom. The van der Waals surface area contributed by atoms with Gasteiger partial charge < -0.3 is 20.3 Å². The molecule has 0 bridgehead atoms. The van der Waals surface area contributed by atoms with E-state index >= 15 is 0 Å². The lowest BCUT2D eigenvalue weighted by Gasteiger charge is -2.30. The van der Waals surface area contributed by atoms with Crippen molar-refractivity contribution in [1.29, 1.82) is 0 Å². The number of amidine groups is 1. The Kier molecular flexibility index (Phi) is 8.33. The molecule has 204 valence electrons. The fraction of sp³-hybridized carbons (Fsp3) is 0.379. The maximum absolute atomic E-state index is 12.8. The number of benzene rings is 1. The molecule has 1 fully saturated rings. The molecule has 39 heavy (non-hydrogen) atoms. The molecule has 4 heterocycles. The van der Waals surface area contributed by atoms with Gasteiger partial charge in [-0.05, 0) is 42.7 Å². The van der Waals surface area contributed by atoms with Crippen molar-refractivity contribution in [3.8, 4) is 0 Å². The van der Waals surface area contributed by atoms with Gasteiger partial charge in [0.05, 0.1) is 31.4 Å². The van der Waals surface area contributed by atoms with E-state index in [1.165, 1.54) is 0 Å². The standard InChI is InChI=1S/C29H35N7O3/c1-3-23(4-2)32-27(37)17-21-6-5-7-24(16-21)36-19-25(28-30-10-11-35(28)20-36)33-26-9-8-22(18-31-26)29(38)34-12-14-39-15-13-34/h5-11,16,18-19,23H,3-4,12-15,17,20H2,1-2H3,(H,31,33)(H,32,37)/p+1. The number of hydrogen-bond donors (Lipinski definition) is 3. The largest absolute Gasteiger partial charge is 0.378 e. The molecule has 0 radical (unpaired) electrons.